The molecule has 3 rings (SSSR count). The van der Waals surface area contributed by atoms with E-state index < -0.39 is 74.3 Å². The summed E-state index contributed by atoms with van der Waals surface area (Å²) in [5, 5.41) is 78.7. The van der Waals surface area contributed by atoms with Gasteiger partial charge in [0.25, 0.3) is 0 Å². The van der Waals surface area contributed by atoms with E-state index in [0.717, 1.165) is 0 Å². The summed E-state index contributed by atoms with van der Waals surface area (Å²) in [5.74, 6) is 11.4. The van der Waals surface area contributed by atoms with Crippen LogP contribution in [0.5, 0.6) is 11.5 Å². The lowest BCUT2D eigenvalue weighted by Crippen LogP contribution is -2.58. The molecule has 10 atom stereocenters. The Labute approximate surface area is 207 Å². The number of ether oxygens (including phenoxy) is 4. The van der Waals surface area contributed by atoms with E-state index in [4.69, 9.17) is 18.9 Å². The fraction of sp³-hybridized carbons (Fsp3) is 0.583. The van der Waals surface area contributed by atoms with Gasteiger partial charge in [-0.25, -0.2) is 0 Å². The second-order valence-corrected chi connectivity index (χ2v) is 8.29. The van der Waals surface area contributed by atoms with Gasteiger partial charge in [0.1, 0.15) is 72.5 Å². The van der Waals surface area contributed by atoms with Gasteiger partial charge in [0, 0.05) is 12.1 Å². The van der Waals surface area contributed by atoms with E-state index in [9.17, 15) is 40.9 Å². The summed E-state index contributed by atoms with van der Waals surface area (Å²) in [4.78, 5) is 0. The molecule has 1 aromatic carbocycles. The molecule has 12 heteroatoms. The number of aliphatic hydroxyl groups is 8. The number of hydrogen-bond acceptors (Lipinski definition) is 12. The second-order valence-electron chi connectivity index (χ2n) is 8.29. The smallest absolute Gasteiger partial charge is 0.147 e. The van der Waals surface area contributed by atoms with Crippen LogP contribution in [0.2, 0.25) is 0 Å². The Balaban J connectivity index is 1.89. The van der Waals surface area contributed by atoms with Crippen molar-refractivity contribution in [3.63, 3.8) is 0 Å². The lowest BCUT2D eigenvalue weighted by molar-refractivity contribution is -0.214. The number of rotatable bonds is 4. The number of hydrogen-bond donors (Lipinski definition) is 8. The monoisotopic (exact) mass is 510 g/mol. The van der Waals surface area contributed by atoms with E-state index in [2.05, 4.69) is 23.7 Å². The van der Waals surface area contributed by atoms with Crippen LogP contribution in [-0.4, -0.2) is 129 Å². The van der Waals surface area contributed by atoms with E-state index in [0.29, 0.717) is 11.1 Å². The van der Waals surface area contributed by atoms with Crippen molar-refractivity contribution in [2.75, 3.05) is 27.4 Å². The molecular weight excluding hydrogens is 480 g/mol. The summed E-state index contributed by atoms with van der Waals surface area (Å²) in [6.07, 6.45) is -13.8. The Bertz CT molecular complexity index is 938. The highest BCUT2D eigenvalue weighted by atomic mass is 16.6. The van der Waals surface area contributed by atoms with Crippen molar-refractivity contribution in [2.24, 2.45) is 0 Å². The zero-order chi connectivity index (χ0) is 26.6. The highest BCUT2D eigenvalue weighted by Gasteiger charge is 2.43. The molecule has 2 fully saturated rings. The minimum atomic E-state index is -1.56. The molecule has 0 saturated carbocycles. The number of aliphatic hydroxyl groups excluding tert-OH is 8. The topological polar surface area (TPSA) is 199 Å². The molecule has 0 aliphatic carbocycles. The van der Waals surface area contributed by atoms with Gasteiger partial charge in [0.05, 0.1) is 38.6 Å². The Kier molecular flexibility index (Phi) is 9.52. The SMILES string of the molecule is COc1cc(C#CC2OC(CO)C(O)C(O)C2O)c(OC)cc1C#CC1OC(CO)C(O)C(O)C1O. The van der Waals surface area contributed by atoms with Crippen molar-refractivity contribution >= 4 is 0 Å². The predicted molar refractivity (Wildman–Crippen MR) is 121 cm³/mol. The van der Waals surface area contributed by atoms with Crippen LogP contribution in [0.4, 0.5) is 0 Å². The first-order valence-corrected chi connectivity index (χ1v) is 11.1. The van der Waals surface area contributed by atoms with E-state index in [1.165, 1.54) is 26.4 Å². The van der Waals surface area contributed by atoms with Crippen LogP contribution in [0.15, 0.2) is 12.1 Å². The summed E-state index contributed by atoms with van der Waals surface area (Å²) in [6.45, 7) is -1.16. The van der Waals surface area contributed by atoms with Gasteiger partial charge in [0.2, 0.25) is 0 Å². The summed E-state index contributed by atoms with van der Waals surface area (Å²) in [5.41, 5.74) is 0.620. The van der Waals surface area contributed by atoms with Gasteiger partial charge in [-0.3, -0.25) is 0 Å². The van der Waals surface area contributed by atoms with E-state index in [1.54, 1.807) is 0 Å². The molecule has 0 amide bonds. The summed E-state index contributed by atoms with van der Waals surface area (Å²) < 4.78 is 21.5. The van der Waals surface area contributed by atoms with Gasteiger partial charge >= 0.3 is 0 Å². The molecular formula is C24H30O12. The zero-order valence-electron chi connectivity index (χ0n) is 19.6. The highest BCUT2D eigenvalue weighted by molar-refractivity contribution is 5.59. The van der Waals surface area contributed by atoms with Crippen LogP contribution in [-0.2, 0) is 9.47 Å². The van der Waals surface area contributed by atoms with Gasteiger partial charge in [-0.1, -0.05) is 23.7 Å². The molecule has 12 nitrogen and oxygen atoms in total. The molecule has 2 heterocycles. The first kappa shape index (κ1) is 28.1. The first-order valence-electron chi connectivity index (χ1n) is 11.1. The lowest BCUT2D eigenvalue weighted by atomic mass is 9.95. The van der Waals surface area contributed by atoms with Gasteiger partial charge in [-0.2, -0.15) is 0 Å². The Morgan fingerprint density at radius 2 is 1.00 bits per heavy atom. The molecule has 0 spiro atoms. The highest BCUT2D eigenvalue weighted by Crippen LogP contribution is 2.29. The molecule has 198 valence electrons. The Hall–Kier alpha value is -2.46. The van der Waals surface area contributed by atoms with E-state index in [1.807, 2.05) is 0 Å². The molecule has 8 N–H and O–H groups in total. The van der Waals surface area contributed by atoms with Crippen molar-refractivity contribution in [2.45, 2.75) is 61.0 Å². The normalized spacial score (nSPS) is 36.2. The van der Waals surface area contributed by atoms with Crippen LogP contribution in [0.25, 0.3) is 0 Å². The van der Waals surface area contributed by atoms with Crippen molar-refractivity contribution in [3.8, 4) is 35.2 Å². The van der Waals surface area contributed by atoms with Gasteiger partial charge in [0.15, 0.2) is 0 Å². The standard InChI is InChI=1S/C24H30O12/c1-33-15-7-12(4-6-14-20(28)24(32)22(30)18(10-26)36-14)16(34-2)8-11(15)3-5-13-19(27)23(31)21(29)17(9-25)35-13/h7-8,13-14,17-32H,9-10H2,1-2H3. The van der Waals surface area contributed by atoms with Crippen molar-refractivity contribution in [1.82, 2.24) is 0 Å². The lowest BCUT2D eigenvalue weighted by Gasteiger charge is -2.37. The van der Waals surface area contributed by atoms with Crippen molar-refractivity contribution < 1.29 is 59.8 Å². The fourth-order valence-electron chi connectivity index (χ4n) is 3.83. The van der Waals surface area contributed by atoms with Gasteiger partial charge in [-0.05, 0) is 0 Å². The largest absolute Gasteiger partial charge is 0.495 e. The fourth-order valence-corrected chi connectivity index (χ4v) is 3.83. The van der Waals surface area contributed by atoms with Gasteiger partial charge in [-0.15, -0.1) is 0 Å². The van der Waals surface area contributed by atoms with Crippen molar-refractivity contribution in [1.29, 1.82) is 0 Å². The third-order valence-electron chi connectivity index (χ3n) is 6.00. The summed E-state index contributed by atoms with van der Waals surface area (Å²) in [7, 11) is 2.77. The molecule has 0 bridgehead atoms. The molecule has 2 aliphatic heterocycles. The van der Waals surface area contributed by atoms with E-state index in [-0.39, 0.29) is 11.5 Å². The Morgan fingerprint density at radius 3 is 1.31 bits per heavy atom. The van der Waals surface area contributed by atoms with Gasteiger partial charge < -0.3 is 59.8 Å². The second kappa shape index (κ2) is 12.2. The molecule has 0 radical (unpaired) electrons. The molecule has 0 aromatic heterocycles. The first-order chi connectivity index (χ1) is 17.2. The van der Waals surface area contributed by atoms with Crippen LogP contribution in [0.3, 0.4) is 0 Å². The third-order valence-corrected chi connectivity index (χ3v) is 6.00. The molecule has 10 unspecified atom stereocenters. The summed E-state index contributed by atoms with van der Waals surface area (Å²) in [6, 6.07) is 2.99. The average Bonchev–Trinajstić information content (AvgIpc) is 2.89. The predicted octanol–water partition coefficient (Wildman–Crippen LogP) is -3.91. The number of benzene rings is 1. The molecule has 36 heavy (non-hydrogen) atoms. The molecule has 1 aromatic rings. The average molecular weight is 510 g/mol. The van der Waals surface area contributed by atoms with E-state index >= 15 is 0 Å². The van der Waals surface area contributed by atoms with Crippen molar-refractivity contribution in [3.05, 3.63) is 23.3 Å². The maximum absolute atomic E-state index is 10.2. The molecule has 2 saturated heterocycles. The minimum absolute atomic E-state index is 0.256. The zero-order valence-corrected chi connectivity index (χ0v) is 19.6. The van der Waals surface area contributed by atoms with Crippen LogP contribution in [0, 0.1) is 23.7 Å². The van der Waals surface area contributed by atoms with Crippen LogP contribution < -0.4 is 9.47 Å². The maximum atomic E-state index is 10.2. The van der Waals surface area contributed by atoms with Crippen LogP contribution >= 0.6 is 0 Å². The quantitative estimate of drug-likeness (QED) is 0.183. The summed E-state index contributed by atoms with van der Waals surface area (Å²) >= 11 is 0. The third kappa shape index (κ3) is 5.75. The minimum Gasteiger partial charge on any atom is -0.495 e. The molecule has 2 aliphatic rings. The Morgan fingerprint density at radius 1 is 0.639 bits per heavy atom. The number of methoxy groups -OCH3 is 2. The van der Waals surface area contributed by atoms with Crippen LogP contribution in [0.1, 0.15) is 11.1 Å². The maximum Gasteiger partial charge on any atom is 0.147 e.